The molecule has 1 rings (SSSR count). The molecular weight excluding hydrogens is 214 g/mol. The molecule has 0 aromatic rings. The monoisotopic (exact) mass is 229 g/mol. The van der Waals surface area contributed by atoms with Crippen LogP contribution in [0.4, 0.5) is 0 Å². The van der Waals surface area contributed by atoms with E-state index in [1.54, 1.807) is 12.2 Å². The van der Waals surface area contributed by atoms with Crippen LogP contribution in [0.3, 0.4) is 0 Å². The molecule has 4 nitrogen and oxygen atoms in total. The number of unbranched alkanes of at least 4 members (excludes halogenated alkanes) is 1. The van der Waals surface area contributed by atoms with Crippen LogP contribution in [-0.2, 0) is 10.1 Å². The molecular formula is C10H15NO3S. The molecule has 3 N–H and O–H groups in total. The average molecular weight is 229 g/mol. The molecule has 0 saturated carbocycles. The molecule has 0 aromatic heterocycles. The number of rotatable bonds is 3. The fourth-order valence-corrected chi connectivity index (χ4v) is 2.17. The molecule has 1 aliphatic rings. The predicted molar refractivity (Wildman–Crippen MR) is 59.7 cm³/mol. The smallest absolute Gasteiger partial charge is 0.275 e. The van der Waals surface area contributed by atoms with E-state index in [0.29, 0.717) is 11.3 Å². The summed E-state index contributed by atoms with van der Waals surface area (Å²) >= 11 is 0. The van der Waals surface area contributed by atoms with Crippen LogP contribution in [0.1, 0.15) is 19.8 Å². The fraction of sp³-hybridized carbons (Fsp3) is 0.400. The first-order chi connectivity index (χ1) is 6.95. The summed E-state index contributed by atoms with van der Waals surface area (Å²) in [4.78, 5) is 0. The second-order valence-electron chi connectivity index (χ2n) is 3.43. The lowest BCUT2D eigenvalue weighted by Gasteiger charge is -2.15. The normalized spacial score (nSPS) is 24.3. The molecule has 0 saturated heterocycles. The van der Waals surface area contributed by atoms with E-state index in [-0.39, 0.29) is 0 Å². The van der Waals surface area contributed by atoms with E-state index in [2.05, 4.69) is 0 Å². The third-order valence-electron chi connectivity index (χ3n) is 2.11. The van der Waals surface area contributed by atoms with Gasteiger partial charge in [0.2, 0.25) is 0 Å². The molecule has 5 heteroatoms. The first kappa shape index (κ1) is 12.0. The highest BCUT2D eigenvalue weighted by Gasteiger charge is 2.25. The molecule has 0 aliphatic heterocycles. The summed E-state index contributed by atoms with van der Waals surface area (Å²) in [5, 5.41) is -0.976. The van der Waals surface area contributed by atoms with E-state index in [9.17, 15) is 8.42 Å². The van der Waals surface area contributed by atoms with Crippen LogP contribution < -0.4 is 5.73 Å². The summed E-state index contributed by atoms with van der Waals surface area (Å²) in [5.74, 6) is 0. The van der Waals surface area contributed by atoms with Crippen molar-refractivity contribution in [3.63, 3.8) is 0 Å². The zero-order valence-corrected chi connectivity index (χ0v) is 9.37. The van der Waals surface area contributed by atoms with Crippen LogP contribution >= 0.6 is 0 Å². The summed E-state index contributed by atoms with van der Waals surface area (Å²) in [6.45, 7) is 1.99. The van der Waals surface area contributed by atoms with Gasteiger partial charge in [0.05, 0.1) is 0 Å². The minimum Gasteiger partial charge on any atom is -0.399 e. The van der Waals surface area contributed by atoms with E-state index < -0.39 is 15.4 Å². The van der Waals surface area contributed by atoms with Gasteiger partial charge in [-0.15, -0.1) is 0 Å². The zero-order chi connectivity index (χ0) is 11.5. The minimum absolute atomic E-state index is 0.497. The Morgan fingerprint density at radius 2 is 2.27 bits per heavy atom. The molecule has 0 heterocycles. The Bertz CT molecular complexity index is 418. The fourth-order valence-electron chi connectivity index (χ4n) is 1.39. The first-order valence-electron chi connectivity index (χ1n) is 4.77. The van der Waals surface area contributed by atoms with Crippen LogP contribution in [0.2, 0.25) is 0 Å². The van der Waals surface area contributed by atoms with Crippen molar-refractivity contribution in [3.05, 3.63) is 35.6 Å². The van der Waals surface area contributed by atoms with E-state index in [4.69, 9.17) is 10.3 Å². The second kappa shape index (κ2) is 4.63. The molecule has 0 bridgehead atoms. The van der Waals surface area contributed by atoms with Gasteiger partial charge in [-0.3, -0.25) is 4.55 Å². The van der Waals surface area contributed by atoms with Crippen LogP contribution in [0.25, 0.3) is 0 Å². The summed E-state index contributed by atoms with van der Waals surface area (Å²) in [5.41, 5.74) is 6.60. The summed E-state index contributed by atoms with van der Waals surface area (Å²) in [6, 6.07) is 0. The Morgan fingerprint density at radius 3 is 2.80 bits per heavy atom. The molecule has 1 atom stereocenters. The second-order valence-corrected chi connectivity index (χ2v) is 4.97. The molecule has 0 amide bonds. The Labute approximate surface area is 89.9 Å². The highest BCUT2D eigenvalue weighted by Crippen LogP contribution is 2.21. The molecule has 0 fully saturated rings. The lowest BCUT2D eigenvalue weighted by molar-refractivity contribution is 0.479. The number of hydrogen-bond acceptors (Lipinski definition) is 3. The van der Waals surface area contributed by atoms with Gasteiger partial charge in [-0.2, -0.15) is 8.42 Å². The summed E-state index contributed by atoms with van der Waals surface area (Å²) in [7, 11) is -4.08. The van der Waals surface area contributed by atoms with Gasteiger partial charge in [0.25, 0.3) is 10.1 Å². The third kappa shape index (κ3) is 3.21. The van der Waals surface area contributed by atoms with Crippen molar-refractivity contribution in [2.75, 3.05) is 0 Å². The van der Waals surface area contributed by atoms with Gasteiger partial charge in [0, 0.05) is 5.70 Å². The maximum atomic E-state index is 11.1. The first-order valence-corrected chi connectivity index (χ1v) is 6.27. The maximum absolute atomic E-state index is 11.1. The van der Waals surface area contributed by atoms with Crippen LogP contribution in [0.5, 0.6) is 0 Å². The summed E-state index contributed by atoms with van der Waals surface area (Å²) < 4.78 is 31.1. The van der Waals surface area contributed by atoms with E-state index in [0.717, 1.165) is 12.8 Å². The highest BCUT2D eigenvalue weighted by atomic mass is 32.2. The quantitative estimate of drug-likeness (QED) is 0.716. The Morgan fingerprint density at radius 1 is 1.60 bits per heavy atom. The van der Waals surface area contributed by atoms with Crippen molar-refractivity contribution in [3.8, 4) is 0 Å². The van der Waals surface area contributed by atoms with Crippen molar-refractivity contribution in [1.29, 1.82) is 0 Å². The van der Waals surface area contributed by atoms with Gasteiger partial charge in [-0.1, -0.05) is 25.5 Å². The molecule has 0 spiro atoms. The van der Waals surface area contributed by atoms with E-state index >= 15 is 0 Å². The zero-order valence-electron chi connectivity index (χ0n) is 8.55. The molecule has 0 aromatic carbocycles. The van der Waals surface area contributed by atoms with Crippen molar-refractivity contribution in [1.82, 2.24) is 0 Å². The molecule has 84 valence electrons. The van der Waals surface area contributed by atoms with Crippen LogP contribution in [-0.4, -0.2) is 18.2 Å². The summed E-state index contributed by atoms with van der Waals surface area (Å²) in [6.07, 6.45) is 7.93. The number of allylic oxidation sites excluding steroid dienone is 3. The van der Waals surface area contributed by atoms with E-state index in [1.807, 2.05) is 6.92 Å². The van der Waals surface area contributed by atoms with Crippen molar-refractivity contribution in [2.45, 2.75) is 25.0 Å². The lowest BCUT2D eigenvalue weighted by Crippen LogP contribution is -2.22. The van der Waals surface area contributed by atoms with Crippen molar-refractivity contribution < 1.29 is 13.0 Å². The highest BCUT2D eigenvalue weighted by molar-refractivity contribution is 7.86. The van der Waals surface area contributed by atoms with Gasteiger partial charge in [-0.05, 0) is 24.1 Å². The van der Waals surface area contributed by atoms with Gasteiger partial charge in [-0.25, -0.2) is 0 Å². The van der Waals surface area contributed by atoms with Gasteiger partial charge in [0.15, 0.2) is 0 Å². The standard InChI is InChI=1S/C10H15NO3S/c1-2-3-4-8-7-9(11)5-6-10(8)15(12,13)14/h4-7,10H,2-3,11H2,1H3,(H,12,13,14). The third-order valence-corrected chi connectivity index (χ3v) is 3.19. The predicted octanol–water partition coefficient (Wildman–Crippen LogP) is 1.38. The number of nitrogens with two attached hydrogens (primary N) is 1. The number of hydrogen-bond donors (Lipinski definition) is 2. The molecule has 1 unspecified atom stereocenters. The van der Waals surface area contributed by atoms with Gasteiger partial charge in [0.1, 0.15) is 5.25 Å². The van der Waals surface area contributed by atoms with Crippen LogP contribution in [0.15, 0.2) is 35.6 Å². The minimum atomic E-state index is -4.08. The van der Waals surface area contributed by atoms with Crippen molar-refractivity contribution in [2.24, 2.45) is 5.73 Å². The Kier molecular flexibility index (Phi) is 3.71. The van der Waals surface area contributed by atoms with Gasteiger partial charge >= 0.3 is 0 Å². The maximum Gasteiger partial charge on any atom is 0.275 e. The topological polar surface area (TPSA) is 80.4 Å². The molecule has 0 radical (unpaired) electrons. The SMILES string of the molecule is CCCC=C1C=C(N)C=CC1S(=O)(=O)O. The van der Waals surface area contributed by atoms with Crippen LogP contribution in [0, 0.1) is 0 Å². The largest absolute Gasteiger partial charge is 0.399 e. The van der Waals surface area contributed by atoms with Crippen molar-refractivity contribution >= 4 is 10.1 Å². The molecule has 1 aliphatic carbocycles. The Hall–Kier alpha value is -1.07. The van der Waals surface area contributed by atoms with Gasteiger partial charge < -0.3 is 5.73 Å². The molecule has 15 heavy (non-hydrogen) atoms. The average Bonchev–Trinajstić information content (AvgIpc) is 2.12. The van der Waals surface area contributed by atoms with E-state index in [1.165, 1.54) is 12.2 Å². The Balaban J connectivity index is 3.03. The lowest BCUT2D eigenvalue weighted by atomic mass is 10.0.